The van der Waals surface area contributed by atoms with Gasteiger partial charge in [0.2, 0.25) is 0 Å². The first-order chi connectivity index (χ1) is 15.1. The molecule has 3 aromatic rings. The van der Waals surface area contributed by atoms with Crippen molar-refractivity contribution in [1.82, 2.24) is 14.5 Å². The minimum Gasteiger partial charge on any atom is -0.490 e. The first kappa shape index (κ1) is 19.5. The highest BCUT2D eigenvalue weighted by Gasteiger charge is 2.39. The van der Waals surface area contributed by atoms with Crippen LogP contribution in [0.1, 0.15) is 49.5 Å². The number of aliphatic hydroxyl groups excluding tert-OH is 1. The maximum atomic E-state index is 13.1. The summed E-state index contributed by atoms with van der Waals surface area (Å²) >= 11 is 1.37. The zero-order valence-electron chi connectivity index (χ0n) is 17.6. The highest BCUT2D eigenvalue weighted by Crippen LogP contribution is 2.43. The average molecular weight is 438 g/mol. The van der Waals surface area contributed by atoms with Gasteiger partial charge in [-0.25, -0.2) is 4.98 Å². The van der Waals surface area contributed by atoms with Crippen molar-refractivity contribution in [3.8, 4) is 11.4 Å². The van der Waals surface area contributed by atoms with Crippen molar-refractivity contribution in [3.63, 3.8) is 0 Å². The molecule has 2 aromatic heterocycles. The molecule has 3 aliphatic rings. The fraction of sp³-hybridized carbons (Fsp3) is 0.500. The summed E-state index contributed by atoms with van der Waals surface area (Å²) in [4.78, 5) is 20.9. The molecule has 3 fully saturated rings. The highest BCUT2D eigenvalue weighted by atomic mass is 32.1. The van der Waals surface area contributed by atoms with Crippen LogP contribution in [0.5, 0.6) is 5.75 Å². The Morgan fingerprint density at radius 3 is 2.52 bits per heavy atom. The van der Waals surface area contributed by atoms with Gasteiger partial charge < -0.3 is 14.7 Å². The summed E-state index contributed by atoms with van der Waals surface area (Å²) in [6.07, 6.45) is 8.21. The fourth-order valence-corrected chi connectivity index (χ4v) is 6.36. The number of rotatable bonds is 5. The number of thiophene rings is 1. The molecule has 2 bridgehead atoms. The van der Waals surface area contributed by atoms with Gasteiger partial charge >= 0.3 is 0 Å². The van der Waals surface area contributed by atoms with Crippen LogP contribution in [0.25, 0.3) is 15.9 Å². The number of benzene rings is 1. The van der Waals surface area contributed by atoms with Crippen molar-refractivity contribution >= 4 is 21.6 Å². The molecule has 1 aromatic carbocycles. The summed E-state index contributed by atoms with van der Waals surface area (Å²) < 4.78 is 8.45. The Morgan fingerprint density at radius 1 is 1.13 bits per heavy atom. The predicted octanol–water partition coefficient (Wildman–Crippen LogP) is 3.89. The Balaban J connectivity index is 1.22. The summed E-state index contributed by atoms with van der Waals surface area (Å²) in [7, 11) is 2.24. The van der Waals surface area contributed by atoms with E-state index in [0.29, 0.717) is 28.2 Å². The third kappa shape index (κ3) is 3.49. The Bertz CT molecular complexity index is 1150. The number of hydrogen-bond acceptors (Lipinski definition) is 6. The Kier molecular flexibility index (Phi) is 4.67. The van der Waals surface area contributed by atoms with E-state index in [9.17, 15) is 9.90 Å². The molecule has 1 N–H and O–H groups in total. The van der Waals surface area contributed by atoms with Crippen molar-refractivity contribution in [1.29, 1.82) is 0 Å². The summed E-state index contributed by atoms with van der Waals surface area (Å²) in [6, 6.07) is 10.9. The number of hydrogen-bond donors (Lipinski definition) is 1. The number of nitrogens with zero attached hydrogens (tertiary/aromatic N) is 3. The second-order valence-electron chi connectivity index (χ2n) is 9.32. The second kappa shape index (κ2) is 7.43. The molecule has 1 aliphatic carbocycles. The van der Waals surface area contributed by atoms with Crippen LogP contribution in [0.3, 0.4) is 0 Å². The molecule has 1 saturated carbocycles. The number of fused-ring (bicyclic) bond motifs is 3. The van der Waals surface area contributed by atoms with Gasteiger partial charge in [-0.05, 0) is 81.8 Å². The van der Waals surface area contributed by atoms with Crippen molar-refractivity contribution < 1.29 is 9.84 Å². The lowest BCUT2D eigenvalue weighted by molar-refractivity contribution is 0.0662. The largest absolute Gasteiger partial charge is 0.490 e. The molecule has 0 radical (unpaired) electrons. The monoisotopic (exact) mass is 437 g/mol. The van der Waals surface area contributed by atoms with Gasteiger partial charge in [-0.3, -0.25) is 9.36 Å². The van der Waals surface area contributed by atoms with Crippen LogP contribution in [-0.4, -0.2) is 44.8 Å². The molecule has 162 valence electrons. The summed E-state index contributed by atoms with van der Waals surface area (Å²) in [5.74, 6) is 1.19. The van der Waals surface area contributed by atoms with E-state index in [2.05, 4.69) is 16.9 Å². The van der Waals surface area contributed by atoms with Crippen LogP contribution in [0.15, 0.2) is 41.5 Å². The summed E-state index contributed by atoms with van der Waals surface area (Å²) in [6.45, 7) is 0. The van der Waals surface area contributed by atoms with E-state index in [1.54, 1.807) is 10.9 Å². The molecule has 4 atom stereocenters. The minimum absolute atomic E-state index is 0.0928. The van der Waals surface area contributed by atoms with Gasteiger partial charge in [0.15, 0.2) is 0 Å². The van der Waals surface area contributed by atoms with Gasteiger partial charge in [0.05, 0.1) is 17.3 Å². The summed E-state index contributed by atoms with van der Waals surface area (Å²) in [5, 5.41) is 10.4. The van der Waals surface area contributed by atoms with Gasteiger partial charge in [-0.2, -0.15) is 0 Å². The fourth-order valence-electron chi connectivity index (χ4n) is 5.24. The van der Waals surface area contributed by atoms with E-state index in [-0.39, 0.29) is 11.7 Å². The lowest BCUT2D eigenvalue weighted by Crippen LogP contribution is -2.43. The zero-order chi connectivity index (χ0) is 21.1. The van der Waals surface area contributed by atoms with Crippen LogP contribution >= 0.6 is 11.3 Å². The molecule has 2 unspecified atom stereocenters. The van der Waals surface area contributed by atoms with Crippen LogP contribution in [0.4, 0.5) is 0 Å². The predicted molar refractivity (Wildman–Crippen MR) is 121 cm³/mol. The molecule has 0 amide bonds. The Labute approximate surface area is 185 Å². The van der Waals surface area contributed by atoms with Crippen molar-refractivity contribution in [3.05, 3.63) is 51.9 Å². The molecule has 2 aliphatic heterocycles. The molecule has 6 nitrogen and oxygen atoms in total. The van der Waals surface area contributed by atoms with Crippen LogP contribution in [0.2, 0.25) is 0 Å². The van der Waals surface area contributed by atoms with Gasteiger partial charge in [-0.15, -0.1) is 11.3 Å². The molecule has 2 saturated heterocycles. The lowest BCUT2D eigenvalue weighted by Gasteiger charge is -2.36. The molecule has 0 spiro atoms. The van der Waals surface area contributed by atoms with E-state index >= 15 is 0 Å². The number of aliphatic hydroxyl groups is 1. The van der Waals surface area contributed by atoms with E-state index in [0.717, 1.165) is 42.0 Å². The first-order valence-corrected chi connectivity index (χ1v) is 12.1. The third-order valence-corrected chi connectivity index (χ3v) is 8.47. The van der Waals surface area contributed by atoms with Crippen LogP contribution in [-0.2, 0) is 0 Å². The van der Waals surface area contributed by atoms with E-state index in [1.807, 2.05) is 30.3 Å². The SMILES string of the molecule is CN1[C@@H]2CC[C@H]1CC(Oc1ccc(-n3cnc4cc(C(O)C5CC5)sc4c3=O)cc1)C2. The van der Waals surface area contributed by atoms with E-state index < -0.39 is 6.10 Å². The second-order valence-corrected chi connectivity index (χ2v) is 10.4. The maximum Gasteiger partial charge on any atom is 0.275 e. The number of ether oxygens (including phenoxy) is 1. The van der Waals surface area contributed by atoms with Crippen LogP contribution < -0.4 is 10.3 Å². The molecule has 7 heteroatoms. The van der Waals surface area contributed by atoms with Crippen molar-refractivity contribution in [2.45, 2.75) is 62.8 Å². The molecule has 6 rings (SSSR count). The van der Waals surface area contributed by atoms with Gasteiger partial charge in [0.1, 0.15) is 22.9 Å². The normalized spacial score (nSPS) is 27.0. The number of piperidine rings is 1. The van der Waals surface area contributed by atoms with E-state index in [1.165, 1.54) is 24.2 Å². The lowest BCUT2D eigenvalue weighted by atomic mass is 10.0. The first-order valence-electron chi connectivity index (χ1n) is 11.2. The zero-order valence-corrected chi connectivity index (χ0v) is 18.4. The highest BCUT2D eigenvalue weighted by molar-refractivity contribution is 7.19. The molecule has 4 heterocycles. The van der Waals surface area contributed by atoms with Crippen molar-refractivity contribution in [2.75, 3.05) is 7.05 Å². The molecular weight excluding hydrogens is 410 g/mol. The quantitative estimate of drug-likeness (QED) is 0.656. The molecule has 31 heavy (non-hydrogen) atoms. The summed E-state index contributed by atoms with van der Waals surface area (Å²) in [5.41, 5.74) is 1.34. The Morgan fingerprint density at radius 2 is 1.84 bits per heavy atom. The standard InChI is InChI=1S/C24H27N3O3S/c1-26-16-4-5-17(26)11-19(10-16)30-18-8-6-15(7-9-18)27-13-25-20-12-21(22(28)14-2-3-14)31-23(20)24(27)29/h6-9,12-14,16-17,19,22,28H,2-5,10-11H2,1H3/t16-,17+,19?,22?. The average Bonchev–Trinajstić information content (AvgIpc) is 3.49. The third-order valence-electron chi connectivity index (χ3n) is 7.29. The van der Waals surface area contributed by atoms with Crippen LogP contribution in [0, 0.1) is 5.92 Å². The van der Waals surface area contributed by atoms with Gasteiger partial charge in [-0.1, -0.05) is 0 Å². The maximum absolute atomic E-state index is 13.1. The molecular formula is C24H27N3O3S. The van der Waals surface area contributed by atoms with Gasteiger partial charge in [0, 0.05) is 17.0 Å². The van der Waals surface area contributed by atoms with Crippen molar-refractivity contribution in [2.24, 2.45) is 5.92 Å². The van der Waals surface area contributed by atoms with Gasteiger partial charge in [0.25, 0.3) is 5.56 Å². The van der Waals surface area contributed by atoms with E-state index in [4.69, 9.17) is 4.74 Å². The smallest absolute Gasteiger partial charge is 0.275 e. The topological polar surface area (TPSA) is 67.6 Å². The Hall–Kier alpha value is -2.22. The minimum atomic E-state index is -0.474. The number of aromatic nitrogens is 2.